The minimum Gasteiger partial charge on any atom is -0.493 e. The Kier molecular flexibility index (Phi) is 9.07. The van der Waals surface area contributed by atoms with Crippen LogP contribution in [0.1, 0.15) is 110 Å². The monoisotopic (exact) mass is 402 g/mol. The number of rotatable bonds is 4. The van der Waals surface area contributed by atoms with E-state index in [0.717, 1.165) is 36.5 Å². The molecule has 3 aliphatic rings. The van der Waals surface area contributed by atoms with Gasteiger partial charge in [-0.1, -0.05) is 74.8 Å². The van der Waals surface area contributed by atoms with Crippen molar-refractivity contribution in [3.05, 3.63) is 28.8 Å². The number of hydrogen-bond acceptors (Lipinski definition) is 2. The first-order valence-electron chi connectivity index (χ1n) is 12.3. The Hall–Kier alpha value is -1.02. The molecule has 29 heavy (non-hydrogen) atoms. The van der Waals surface area contributed by atoms with Crippen molar-refractivity contribution in [3.63, 3.8) is 0 Å². The Bertz CT molecular complexity index is 632. The number of ether oxygens (including phenoxy) is 2. The highest BCUT2D eigenvalue weighted by Gasteiger charge is 2.48. The lowest BCUT2D eigenvalue weighted by Crippen LogP contribution is -2.30. The molecule has 2 saturated heterocycles. The Morgan fingerprint density at radius 2 is 1.59 bits per heavy atom. The summed E-state index contributed by atoms with van der Waals surface area (Å²) in [5.74, 6) is 4.85. The van der Waals surface area contributed by atoms with E-state index >= 15 is 0 Å². The third-order valence-corrected chi connectivity index (χ3v) is 6.88. The Morgan fingerprint density at radius 1 is 0.931 bits per heavy atom. The third-order valence-electron chi connectivity index (χ3n) is 6.88. The molecule has 0 radical (unpaired) electrons. The molecule has 0 N–H and O–H groups in total. The molecule has 4 rings (SSSR count). The molecule has 0 amide bonds. The predicted octanol–water partition coefficient (Wildman–Crippen LogP) is 7.74. The summed E-state index contributed by atoms with van der Waals surface area (Å²) >= 11 is 0. The minimum atomic E-state index is 0.596. The van der Waals surface area contributed by atoms with Crippen molar-refractivity contribution in [3.8, 4) is 5.75 Å². The van der Waals surface area contributed by atoms with Gasteiger partial charge in [0.2, 0.25) is 0 Å². The van der Waals surface area contributed by atoms with Crippen molar-refractivity contribution < 1.29 is 9.47 Å². The lowest BCUT2D eigenvalue weighted by atomic mass is 9.72. The van der Waals surface area contributed by atoms with Gasteiger partial charge in [0.25, 0.3) is 0 Å². The van der Waals surface area contributed by atoms with Crippen LogP contribution >= 0.6 is 0 Å². The van der Waals surface area contributed by atoms with E-state index in [0.29, 0.717) is 24.0 Å². The van der Waals surface area contributed by atoms with Crippen LogP contribution in [0.5, 0.6) is 5.75 Å². The molecule has 2 fully saturated rings. The largest absolute Gasteiger partial charge is 0.493 e. The van der Waals surface area contributed by atoms with E-state index in [1.807, 2.05) is 13.8 Å². The normalized spacial score (nSPS) is 26.8. The Labute approximate surface area is 180 Å². The standard InChI is InChI=1S/C14H20O.C11H20O.C2H6/c1-9(2)11-5-6-13-12(7-8-15-13)14(11)10(3)4;1-4-8-9-5-6-10(12-9)11(8)7(2)3;1-2/h5-6,9-10H,7-8H2,1-4H3;7-11H,4-6H2,1-3H3;1-2H3. The van der Waals surface area contributed by atoms with E-state index < -0.39 is 0 Å². The van der Waals surface area contributed by atoms with E-state index in [1.54, 1.807) is 0 Å². The molecule has 0 spiro atoms. The van der Waals surface area contributed by atoms with Gasteiger partial charge in [-0.2, -0.15) is 0 Å². The maximum atomic E-state index is 5.95. The van der Waals surface area contributed by atoms with Crippen LogP contribution in [-0.2, 0) is 11.2 Å². The molecule has 4 atom stereocenters. The highest BCUT2D eigenvalue weighted by atomic mass is 16.5. The molecule has 0 saturated carbocycles. The van der Waals surface area contributed by atoms with E-state index in [1.165, 1.54) is 36.0 Å². The van der Waals surface area contributed by atoms with Crippen LogP contribution in [0, 0.1) is 17.8 Å². The summed E-state index contributed by atoms with van der Waals surface area (Å²) in [5, 5.41) is 0. The molecule has 2 nitrogen and oxygen atoms in total. The van der Waals surface area contributed by atoms with Crippen molar-refractivity contribution >= 4 is 0 Å². The first kappa shape index (κ1) is 24.3. The fourth-order valence-corrected chi connectivity index (χ4v) is 5.77. The summed E-state index contributed by atoms with van der Waals surface area (Å²) in [6, 6.07) is 4.38. The average molecular weight is 403 g/mol. The van der Waals surface area contributed by atoms with Crippen molar-refractivity contribution in [2.75, 3.05) is 6.61 Å². The molecule has 166 valence electrons. The zero-order chi connectivity index (χ0) is 21.7. The second-order valence-electron chi connectivity index (χ2n) is 9.64. The fourth-order valence-electron chi connectivity index (χ4n) is 5.77. The number of hydrogen-bond donors (Lipinski definition) is 0. The first-order chi connectivity index (χ1) is 13.8. The van der Waals surface area contributed by atoms with Crippen LogP contribution in [0.2, 0.25) is 0 Å². The highest BCUT2D eigenvalue weighted by Crippen LogP contribution is 2.47. The zero-order valence-electron chi connectivity index (χ0n) is 20.5. The fraction of sp³-hybridized carbons (Fsp3) is 0.778. The van der Waals surface area contributed by atoms with Crippen molar-refractivity contribution in [1.82, 2.24) is 0 Å². The van der Waals surface area contributed by atoms with E-state index in [2.05, 4.69) is 60.6 Å². The molecular weight excluding hydrogens is 356 g/mol. The van der Waals surface area contributed by atoms with E-state index in [9.17, 15) is 0 Å². The lowest BCUT2D eigenvalue weighted by Gasteiger charge is -2.29. The zero-order valence-corrected chi connectivity index (χ0v) is 20.5. The van der Waals surface area contributed by atoms with Crippen LogP contribution in [0.3, 0.4) is 0 Å². The molecule has 1 aromatic carbocycles. The smallest absolute Gasteiger partial charge is 0.122 e. The molecule has 2 heteroatoms. The molecule has 3 aliphatic heterocycles. The molecule has 4 unspecified atom stereocenters. The SMILES string of the molecule is CC.CC(C)c1ccc2c(c1C(C)C)CCO2.CCC1C2CCC(O2)C1C(C)C. The van der Waals surface area contributed by atoms with E-state index in [-0.39, 0.29) is 0 Å². The quantitative estimate of drug-likeness (QED) is 0.512. The van der Waals surface area contributed by atoms with Crippen molar-refractivity contribution in [2.24, 2.45) is 17.8 Å². The topological polar surface area (TPSA) is 18.5 Å². The van der Waals surface area contributed by atoms with Gasteiger partial charge >= 0.3 is 0 Å². The Balaban J connectivity index is 0.000000194. The van der Waals surface area contributed by atoms with Crippen LogP contribution in [-0.4, -0.2) is 18.8 Å². The van der Waals surface area contributed by atoms with Crippen molar-refractivity contribution in [2.45, 2.75) is 112 Å². The number of benzene rings is 1. The summed E-state index contributed by atoms with van der Waals surface area (Å²) < 4.78 is 11.6. The van der Waals surface area contributed by atoms with E-state index in [4.69, 9.17) is 9.47 Å². The van der Waals surface area contributed by atoms with Gasteiger partial charge in [0.1, 0.15) is 5.75 Å². The maximum Gasteiger partial charge on any atom is 0.122 e. The van der Waals surface area contributed by atoms with Gasteiger partial charge in [-0.05, 0) is 59.6 Å². The van der Waals surface area contributed by atoms with Gasteiger partial charge in [-0.3, -0.25) is 0 Å². The van der Waals surface area contributed by atoms with Gasteiger partial charge in [0, 0.05) is 12.0 Å². The molecule has 3 heterocycles. The summed E-state index contributed by atoms with van der Waals surface area (Å²) in [4.78, 5) is 0. The second kappa shape index (κ2) is 10.8. The van der Waals surface area contributed by atoms with Gasteiger partial charge in [-0.25, -0.2) is 0 Å². The van der Waals surface area contributed by atoms with Gasteiger partial charge < -0.3 is 9.47 Å². The van der Waals surface area contributed by atoms with Gasteiger partial charge in [0.05, 0.1) is 18.8 Å². The van der Waals surface area contributed by atoms with Crippen molar-refractivity contribution in [1.29, 1.82) is 0 Å². The lowest BCUT2D eigenvalue weighted by molar-refractivity contribution is 0.0826. The molecule has 0 aliphatic carbocycles. The second-order valence-corrected chi connectivity index (χ2v) is 9.64. The molecule has 2 bridgehead atoms. The van der Waals surface area contributed by atoms with Crippen LogP contribution in [0.4, 0.5) is 0 Å². The summed E-state index contributed by atoms with van der Waals surface area (Å²) in [7, 11) is 0. The average Bonchev–Trinajstić information content (AvgIpc) is 3.43. The van der Waals surface area contributed by atoms with Gasteiger partial charge in [-0.15, -0.1) is 0 Å². The molecule has 1 aromatic rings. The summed E-state index contributed by atoms with van der Waals surface area (Å²) in [5.41, 5.74) is 4.48. The summed E-state index contributed by atoms with van der Waals surface area (Å²) in [6.07, 6.45) is 6.27. The predicted molar refractivity (Wildman–Crippen MR) is 125 cm³/mol. The summed E-state index contributed by atoms with van der Waals surface area (Å²) in [6.45, 7) is 20.9. The highest BCUT2D eigenvalue weighted by molar-refractivity contribution is 5.49. The van der Waals surface area contributed by atoms with Crippen LogP contribution in [0.25, 0.3) is 0 Å². The first-order valence-corrected chi connectivity index (χ1v) is 12.3. The maximum absolute atomic E-state index is 5.95. The molecule has 0 aromatic heterocycles. The van der Waals surface area contributed by atoms with Crippen LogP contribution < -0.4 is 4.74 Å². The third kappa shape index (κ3) is 5.19. The minimum absolute atomic E-state index is 0.596. The molecular formula is C27H46O2. The van der Waals surface area contributed by atoms with Crippen LogP contribution in [0.15, 0.2) is 12.1 Å². The number of fused-ring (bicyclic) bond motifs is 3. The van der Waals surface area contributed by atoms with Gasteiger partial charge in [0.15, 0.2) is 0 Å². The Morgan fingerprint density at radius 3 is 2.10 bits per heavy atom.